The standard InChI is InChI=1S/C36H53NO13/c1-3-4-12-23-13-10-8-6-5-7-9-11-14-24(48-35-33(42)31(37)32(41)21(2)46-35)18-28-30(34(43)44)25(39)20-36(45,50-28)19-22(38)17-27-26(49-27)15-16-29(40)47-23/h5-11,14-16,21-28,30-33,35,38-39,41-42,45H,3-4,12-13,17-20,37H2,1-2H3,(H,43,44)/b6-5+,9-7+,10-8+,14-11+,16-15+/t21?,22?,23?,24?,25?,26?,27?,28?,30?,31?,32-,33?,35+,36?/m1/s1. The summed E-state index contributed by atoms with van der Waals surface area (Å²) in [6, 6.07) is -1.08. The van der Waals surface area contributed by atoms with Gasteiger partial charge in [-0.25, -0.2) is 4.79 Å². The molecule has 0 saturated carbocycles. The quantitative estimate of drug-likeness (QED) is 0.152. The van der Waals surface area contributed by atoms with Crippen molar-refractivity contribution < 1.29 is 63.9 Å². The summed E-state index contributed by atoms with van der Waals surface area (Å²) in [7, 11) is 0. The summed E-state index contributed by atoms with van der Waals surface area (Å²) in [6.45, 7) is 3.64. The first-order chi connectivity index (χ1) is 23.8. The van der Waals surface area contributed by atoms with Gasteiger partial charge in [0.05, 0.1) is 48.8 Å². The first-order valence-electron chi connectivity index (χ1n) is 17.4. The predicted octanol–water partition coefficient (Wildman–Crippen LogP) is 1.29. The predicted molar refractivity (Wildman–Crippen MR) is 179 cm³/mol. The van der Waals surface area contributed by atoms with E-state index in [1.54, 1.807) is 43.4 Å². The number of epoxide rings is 1. The minimum Gasteiger partial charge on any atom is -0.481 e. The number of cyclic esters (lactones) is 1. The third kappa shape index (κ3) is 11.6. The minimum atomic E-state index is -2.10. The molecule has 14 nitrogen and oxygen atoms in total. The van der Waals surface area contributed by atoms with Crippen LogP contribution in [0.15, 0.2) is 60.8 Å². The Kier molecular flexibility index (Phi) is 14.9. The van der Waals surface area contributed by atoms with Gasteiger partial charge >= 0.3 is 11.9 Å². The summed E-state index contributed by atoms with van der Waals surface area (Å²) >= 11 is 0. The lowest BCUT2D eigenvalue weighted by Crippen LogP contribution is -2.61. The molecule has 0 aromatic heterocycles. The van der Waals surface area contributed by atoms with Gasteiger partial charge in [0.15, 0.2) is 12.1 Å². The molecule has 0 aromatic carbocycles. The Morgan fingerprint density at radius 3 is 2.42 bits per heavy atom. The largest absolute Gasteiger partial charge is 0.481 e. The van der Waals surface area contributed by atoms with Crippen LogP contribution in [0, 0.1) is 5.92 Å². The van der Waals surface area contributed by atoms with E-state index in [0.717, 1.165) is 19.3 Å². The highest BCUT2D eigenvalue weighted by molar-refractivity contribution is 5.82. The zero-order valence-corrected chi connectivity index (χ0v) is 28.6. The number of carboxylic acid groups (broad SMARTS) is 1. The molecular weight excluding hydrogens is 654 g/mol. The van der Waals surface area contributed by atoms with Gasteiger partial charge < -0.3 is 60.1 Å². The molecule has 4 aliphatic rings. The Balaban J connectivity index is 1.58. The van der Waals surface area contributed by atoms with Crippen LogP contribution in [0.2, 0.25) is 0 Å². The van der Waals surface area contributed by atoms with Gasteiger partial charge in [0.2, 0.25) is 0 Å². The van der Waals surface area contributed by atoms with E-state index in [1.165, 1.54) is 6.08 Å². The van der Waals surface area contributed by atoms with Crippen LogP contribution in [0.1, 0.15) is 65.2 Å². The second-order valence-corrected chi connectivity index (χ2v) is 13.5. The van der Waals surface area contributed by atoms with E-state index in [-0.39, 0.29) is 25.4 Å². The molecule has 0 spiro atoms. The lowest BCUT2D eigenvalue weighted by molar-refractivity contribution is -0.308. The number of aliphatic hydroxyl groups is 5. The zero-order chi connectivity index (χ0) is 36.4. The van der Waals surface area contributed by atoms with E-state index in [1.807, 2.05) is 18.2 Å². The van der Waals surface area contributed by atoms with Crippen LogP contribution in [0.3, 0.4) is 0 Å². The van der Waals surface area contributed by atoms with Crippen LogP contribution in [-0.2, 0) is 33.3 Å². The lowest BCUT2D eigenvalue weighted by atomic mass is 9.83. The molecule has 3 fully saturated rings. The van der Waals surface area contributed by atoms with Gasteiger partial charge in [-0.1, -0.05) is 68.4 Å². The van der Waals surface area contributed by atoms with Crippen LogP contribution < -0.4 is 5.73 Å². The van der Waals surface area contributed by atoms with Gasteiger partial charge in [0.1, 0.15) is 24.2 Å². The molecule has 2 bridgehead atoms. The molecule has 4 rings (SSSR count). The normalized spacial score (nSPS) is 45.1. The van der Waals surface area contributed by atoms with E-state index in [2.05, 4.69) is 6.92 Å². The Hall–Kier alpha value is -2.76. The van der Waals surface area contributed by atoms with Crippen molar-refractivity contribution in [2.45, 2.75) is 144 Å². The summed E-state index contributed by atoms with van der Waals surface area (Å²) in [5, 5.41) is 64.2. The average Bonchev–Trinajstić information content (AvgIpc) is 3.78. The number of esters is 1. The van der Waals surface area contributed by atoms with Gasteiger partial charge in [-0.15, -0.1) is 0 Å². The van der Waals surface area contributed by atoms with E-state index in [4.69, 9.17) is 29.4 Å². The number of carbonyl (C=O) groups is 2. The number of aliphatic carboxylic acids is 1. The number of rotatable bonds is 6. The SMILES string of the molecule is CCCCC1C/C=C/C=C/C=C/C=C/C(O[C@@H]2OC(C)[C@@H](O)C(N)C2O)CC2OC(O)(CC(O)CC3OC3/C=C/C(=O)O1)CC(O)C2C(=O)O. The highest BCUT2D eigenvalue weighted by atomic mass is 16.7. The number of ether oxygens (including phenoxy) is 5. The van der Waals surface area contributed by atoms with Gasteiger partial charge in [-0.3, -0.25) is 4.79 Å². The summed E-state index contributed by atoms with van der Waals surface area (Å²) in [6.07, 6.45) is 8.24. The molecule has 12 unspecified atom stereocenters. The average molecular weight is 708 g/mol. The fraction of sp³-hybridized carbons (Fsp3) is 0.667. The number of carboxylic acids is 1. The number of unbranched alkanes of at least 4 members (excludes halogenated alkanes) is 1. The molecule has 0 aromatic rings. The number of allylic oxidation sites excluding steroid dienone is 6. The highest BCUT2D eigenvalue weighted by Gasteiger charge is 2.51. The van der Waals surface area contributed by atoms with E-state index in [0.29, 0.717) is 6.42 Å². The Morgan fingerprint density at radius 2 is 1.70 bits per heavy atom. The number of aliphatic hydroxyl groups excluding tert-OH is 4. The van der Waals surface area contributed by atoms with E-state index < -0.39 is 97.3 Å². The molecule has 0 aliphatic carbocycles. The molecule has 8 N–H and O–H groups in total. The number of fused-ring (bicyclic) bond motifs is 3. The molecule has 50 heavy (non-hydrogen) atoms. The Bertz CT molecular complexity index is 1270. The van der Waals surface area contributed by atoms with E-state index in [9.17, 15) is 40.2 Å². The maximum absolute atomic E-state index is 12.5. The summed E-state index contributed by atoms with van der Waals surface area (Å²) in [4.78, 5) is 24.8. The zero-order valence-electron chi connectivity index (χ0n) is 28.6. The van der Waals surface area contributed by atoms with Crippen LogP contribution in [0.5, 0.6) is 0 Å². The molecular formula is C36H53NO13. The van der Waals surface area contributed by atoms with Gasteiger partial charge in [-0.2, -0.15) is 0 Å². The fourth-order valence-corrected chi connectivity index (χ4v) is 6.54. The number of carbonyl (C=O) groups excluding carboxylic acids is 1. The molecule has 4 heterocycles. The van der Waals surface area contributed by atoms with E-state index >= 15 is 0 Å². The first kappa shape index (κ1) is 40.0. The highest BCUT2D eigenvalue weighted by Crippen LogP contribution is 2.39. The third-order valence-electron chi connectivity index (χ3n) is 9.35. The van der Waals surface area contributed by atoms with Crippen molar-refractivity contribution in [1.29, 1.82) is 0 Å². The van der Waals surface area contributed by atoms with Crippen molar-refractivity contribution in [3.05, 3.63) is 60.8 Å². The summed E-state index contributed by atoms with van der Waals surface area (Å²) < 4.78 is 29.0. The van der Waals surface area contributed by atoms with Crippen LogP contribution in [0.25, 0.3) is 0 Å². The molecule has 3 saturated heterocycles. The van der Waals surface area contributed by atoms with Crippen molar-refractivity contribution >= 4 is 11.9 Å². The van der Waals surface area contributed by atoms with Crippen LogP contribution in [-0.4, -0.2) is 122 Å². The molecule has 14 heteroatoms. The van der Waals surface area contributed by atoms with Crippen LogP contribution >= 0.6 is 0 Å². The molecule has 14 atom stereocenters. The maximum Gasteiger partial charge on any atom is 0.330 e. The minimum absolute atomic E-state index is 0.0816. The monoisotopic (exact) mass is 707 g/mol. The van der Waals surface area contributed by atoms with Gasteiger partial charge in [0, 0.05) is 38.2 Å². The lowest BCUT2D eigenvalue weighted by Gasteiger charge is -2.45. The van der Waals surface area contributed by atoms with Crippen molar-refractivity contribution in [2.24, 2.45) is 11.7 Å². The van der Waals surface area contributed by atoms with Crippen molar-refractivity contribution in [1.82, 2.24) is 0 Å². The fourth-order valence-electron chi connectivity index (χ4n) is 6.54. The molecule has 0 amide bonds. The van der Waals surface area contributed by atoms with Gasteiger partial charge in [0.25, 0.3) is 0 Å². The van der Waals surface area contributed by atoms with Crippen molar-refractivity contribution in [2.75, 3.05) is 0 Å². The van der Waals surface area contributed by atoms with Crippen molar-refractivity contribution in [3.63, 3.8) is 0 Å². The van der Waals surface area contributed by atoms with Gasteiger partial charge in [-0.05, 0) is 19.4 Å². The summed E-state index contributed by atoms with van der Waals surface area (Å²) in [5.41, 5.74) is 6.00. The second kappa shape index (κ2) is 18.6. The second-order valence-electron chi connectivity index (χ2n) is 13.5. The summed E-state index contributed by atoms with van der Waals surface area (Å²) in [5.74, 6) is -5.41. The topological polar surface area (TPSA) is 231 Å². The number of hydrogen-bond acceptors (Lipinski definition) is 13. The molecule has 280 valence electrons. The number of nitrogens with two attached hydrogens (primary N) is 1. The smallest absolute Gasteiger partial charge is 0.330 e. The third-order valence-corrected chi connectivity index (χ3v) is 9.35. The molecule has 4 aliphatic heterocycles. The Labute approximate surface area is 292 Å². The maximum atomic E-state index is 12.5. The Morgan fingerprint density at radius 1 is 0.980 bits per heavy atom. The first-order valence-corrected chi connectivity index (χ1v) is 17.4. The molecule has 0 radical (unpaired) electrons. The number of hydrogen-bond donors (Lipinski definition) is 7. The van der Waals surface area contributed by atoms with Crippen molar-refractivity contribution in [3.8, 4) is 0 Å². The van der Waals surface area contributed by atoms with Crippen LogP contribution in [0.4, 0.5) is 0 Å².